The molecule has 0 radical (unpaired) electrons. The zero-order valence-electron chi connectivity index (χ0n) is 10.7. The molecule has 0 bridgehead atoms. The number of nitrogens with one attached hydrogen (secondary N) is 1. The third-order valence-corrected chi connectivity index (χ3v) is 3.36. The van der Waals surface area contributed by atoms with E-state index in [0.717, 1.165) is 12.1 Å². The highest BCUT2D eigenvalue weighted by Crippen LogP contribution is 2.32. The van der Waals surface area contributed by atoms with Gasteiger partial charge in [-0.05, 0) is 25.0 Å². The number of benzene rings is 1. The molecule has 0 spiro atoms. The summed E-state index contributed by atoms with van der Waals surface area (Å²) in [7, 11) is 0. The zero-order valence-corrected chi connectivity index (χ0v) is 10.7. The van der Waals surface area contributed by atoms with Crippen molar-refractivity contribution in [3.8, 4) is 0 Å². The second-order valence-corrected chi connectivity index (χ2v) is 4.83. The third-order valence-electron chi connectivity index (χ3n) is 3.36. The van der Waals surface area contributed by atoms with Crippen LogP contribution >= 0.6 is 0 Å². The lowest BCUT2D eigenvalue weighted by molar-refractivity contribution is -0.138. The van der Waals surface area contributed by atoms with Crippen molar-refractivity contribution in [1.29, 1.82) is 0 Å². The molecule has 1 saturated carbocycles. The van der Waals surface area contributed by atoms with Crippen LogP contribution in [0.3, 0.4) is 0 Å². The number of hydrogen-bond donors (Lipinski definition) is 1. The highest BCUT2D eigenvalue weighted by atomic mass is 19.4. The summed E-state index contributed by atoms with van der Waals surface area (Å²) < 4.78 is 38.4. The van der Waals surface area contributed by atoms with E-state index in [-0.39, 0.29) is 17.4 Å². The van der Waals surface area contributed by atoms with E-state index < -0.39 is 17.6 Å². The maximum atomic E-state index is 12.8. The minimum Gasteiger partial charge on any atom is -0.349 e. The van der Waals surface area contributed by atoms with E-state index in [0.29, 0.717) is 25.7 Å². The van der Waals surface area contributed by atoms with Crippen molar-refractivity contribution in [2.75, 3.05) is 0 Å². The lowest BCUT2D eigenvalue weighted by atomic mass is 9.94. The van der Waals surface area contributed by atoms with Gasteiger partial charge in [0, 0.05) is 18.9 Å². The van der Waals surface area contributed by atoms with Crippen LogP contribution in [0.1, 0.15) is 41.6 Å². The molecule has 0 aromatic heterocycles. The normalized spacial score (nSPS) is 17.1. The molecule has 1 aliphatic carbocycles. The van der Waals surface area contributed by atoms with Crippen LogP contribution in [0.25, 0.3) is 0 Å². The Kier molecular flexibility index (Phi) is 4.11. The first kappa shape index (κ1) is 14.6. The average molecular weight is 285 g/mol. The van der Waals surface area contributed by atoms with E-state index in [4.69, 9.17) is 0 Å². The number of ketones is 1. The van der Waals surface area contributed by atoms with E-state index in [1.807, 2.05) is 0 Å². The first-order valence-electron chi connectivity index (χ1n) is 6.36. The molecule has 6 heteroatoms. The average Bonchev–Trinajstić information content (AvgIpc) is 2.40. The largest absolute Gasteiger partial charge is 0.417 e. The Bertz CT molecular complexity index is 515. The first-order chi connectivity index (χ1) is 9.38. The first-order valence-corrected chi connectivity index (χ1v) is 6.36. The molecule has 0 unspecified atom stereocenters. The van der Waals surface area contributed by atoms with Gasteiger partial charge in [0.2, 0.25) is 0 Å². The van der Waals surface area contributed by atoms with Crippen LogP contribution in [-0.4, -0.2) is 17.7 Å². The van der Waals surface area contributed by atoms with Gasteiger partial charge in [-0.25, -0.2) is 0 Å². The van der Waals surface area contributed by atoms with Gasteiger partial charge < -0.3 is 5.32 Å². The van der Waals surface area contributed by atoms with Crippen molar-refractivity contribution >= 4 is 11.7 Å². The van der Waals surface area contributed by atoms with Crippen molar-refractivity contribution < 1.29 is 22.8 Å². The topological polar surface area (TPSA) is 46.2 Å². The van der Waals surface area contributed by atoms with Crippen LogP contribution in [-0.2, 0) is 11.0 Å². The molecule has 1 aromatic carbocycles. The molecule has 1 aromatic rings. The van der Waals surface area contributed by atoms with Crippen LogP contribution in [0, 0.1) is 0 Å². The Hall–Kier alpha value is -1.85. The minimum atomic E-state index is -4.56. The molecule has 1 N–H and O–H groups in total. The number of hydrogen-bond acceptors (Lipinski definition) is 2. The zero-order chi connectivity index (χ0) is 14.8. The lowest BCUT2D eigenvalue weighted by Gasteiger charge is -2.23. The van der Waals surface area contributed by atoms with Gasteiger partial charge in [0.05, 0.1) is 11.1 Å². The molecule has 1 amide bonds. The number of carbonyl (C=O) groups is 2. The maximum absolute atomic E-state index is 12.8. The number of Topliss-reactive ketones (excluding diaryl/α,β-unsaturated/α-hetero) is 1. The third kappa shape index (κ3) is 3.37. The summed E-state index contributed by atoms with van der Waals surface area (Å²) >= 11 is 0. The van der Waals surface area contributed by atoms with E-state index in [1.54, 1.807) is 0 Å². The van der Waals surface area contributed by atoms with Crippen molar-refractivity contribution in [3.05, 3.63) is 35.4 Å². The van der Waals surface area contributed by atoms with Gasteiger partial charge in [-0.3, -0.25) is 9.59 Å². The maximum Gasteiger partial charge on any atom is 0.417 e. The SMILES string of the molecule is O=C1CCC(NC(=O)c2ccccc2C(F)(F)F)CC1. The summed E-state index contributed by atoms with van der Waals surface area (Å²) in [4.78, 5) is 23.1. The van der Waals surface area contributed by atoms with Crippen molar-refractivity contribution in [3.63, 3.8) is 0 Å². The van der Waals surface area contributed by atoms with Gasteiger partial charge in [0.15, 0.2) is 0 Å². The van der Waals surface area contributed by atoms with E-state index >= 15 is 0 Å². The summed E-state index contributed by atoms with van der Waals surface area (Å²) in [6, 6.07) is 4.46. The highest BCUT2D eigenvalue weighted by Gasteiger charge is 2.35. The Balaban J connectivity index is 2.12. The second-order valence-electron chi connectivity index (χ2n) is 4.83. The minimum absolute atomic E-state index is 0.131. The summed E-state index contributed by atoms with van der Waals surface area (Å²) in [5.74, 6) is -0.608. The number of carbonyl (C=O) groups excluding carboxylic acids is 2. The van der Waals surface area contributed by atoms with Crippen LogP contribution in [0.4, 0.5) is 13.2 Å². The molecule has 1 fully saturated rings. The highest BCUT2D eigenvalue weighted by molar-refractivity contribution is 5.96. The fourth-order valence-corrected chi connectivity index (χ4v) is 2.28. The number of rotatable bonds is 2. The van der Waals surface area contributed by atoms with Gasteiger partial charge in [-0.2, -0.15) is 13.2 Å². The fraction of sp³-hybridized carbons (Fsp3) is 0.429. The monoisotopic (exact) mass is 285 g/mol. The van der Waals surface area contributed by atoms with Gasteiger partial charge in [0.25, 0.3) is 5.91 Å². The number of amides is 1. The molecule has 0 atom stereocenters. The van der Waals surface area contributed by atoms with Gasteiger partial charge in [0.1, 0.15) is 5.78 Å². The van der Waals surface area contributed by atoms with Gasteiger partial charge in [-0.1, -0.05) is 12.1 Å². The quantitative estimate of drug-likeness (QED) is 0.908. The lowest BCUT2D eigenvalue weighted by Crippen LogP contribution is -2.38. The van der Waals surface area contributed by atoms with Crippen LogP contribution in [0.5, 0.6) is 0 Å². The van der Waals surface area contributed by atoms with Gasteiger partial charge >= 0.3 is 6.18 Å². The molecule has 0 saturated heterocycles. The van der Waals surface area contributed by atoms with E-state index in [1.165, 1.54) is 12.1 Å². The van der Waals surface area contributed by atoms with Crippen molar-refractivity contribution in [2.45, 2.75) is 37.9 Å². The number of alkyl halides is 3. The standard InChI is InChI=1S/C14H14F3NO2/c15-14(16,17)12-4-2-1-3-11(12)13(20)18-9-5-7-10(19)8-6-9/h1-4,9H,5-8H2,(H,18,20). The summed E-state index contributed by atoms with van der Waals surface area (Å²) in [5, 5.41) is 2.58. The molecular formula is C14H14F3NO2. The Morgan fingerprint density at radius 1 is 1.15 bits per heavy atom. The smallest absolute Gasteiger partial charge is 0.349 e. The molecular weight excluding hydrogens is 271 g/mol. The summed E-state index contributed by atoms with van der Waals surface area (Å²) in [5.41, 5.74) is -1.32. The number of halogens is 3. The van der Waals surface area contributed by atoms with E-state index in [9.17, 15) is 22.8 Å². The molecule has 20 heavy (non-hydrogen) atoms. The predicted octanol–water partition coefficient (Wildman–Crippen LogP) is 2.95. The second kappa shape index (κ2) is 5.64. The van der Waals surface area contributed by atoms with E-state index in [2.05, 4.69) is 5.32 Å². The molecule has 0 aliphatic heterocycles. The molecule has 2 rings (SSSR count). The fourth-order valence-electron chi connectivity index (χ4n) is 2.28. The molecule has 0 heterocycles. The van der Waals surface area contributed by atoms with Gasteiger partial charge in [-0.15, -0.1) is 0 Å². The summed E-state index contributed by atoms with van der Waals surface area (Å²) in [6.45, 7) is 0. The Labute approximate surface area is 114 Å². The van der Waals surface area contributed by atoms with Crippen LogP contribution < -0.4 is 5.32 Å². The molecule has 3 nitrogen and oxygen atoms in total. The molecule has 108 valence electrons. The Morgan fingerprint density at radius 2 is 1.75 bits per heavy atom. The predicted molar refractivity (Wildman–Crippen MR) is 66.2 cm³/mol. The van der Waals surface area contributed by atoms with Crippen molar-refractivity contribution in [1.82, 2.24) is 5.32 Å². The van der Waals surface area contributed by atoms with Crippen LogP contribution in [0.2, 0.25) is 0 Å². The molecule has 1 aliphatic rings. The Morgan fingerprint density at radius 3 is 2.35 bits per heavy atom. The van der Waals surface area contributed by atoms with Crippen LogP contribution in [0.15, 0.2) is 24.3 Å². The summed E-state index contributed by atoms with van der Waals surface area (Å²) in [6.07, 6.45) is -2.86. The van der Waals surface area contributed by atoms with Crippen molar-refractivity contribution in [2.24, 2.45) is 0 Å².